The zero-order valence-electron chi connectivity index (χ0n) is 10.9. The van der Waals surface area contributed by atoms with Crippen LogP contribution in [0.1, 0.15) is 39.0 Å². The van der Waals surface area contributed by atoms with Crippen LogP contribution < -0.4 is 11.1 Å². The van der Waals surface area contributed by atoms with E-state index in [0.29, 0.717) is 18.3 Å². The molecule has 0 aromatic heterocycles. The van der Waals surface area contributed by atoms with E-state index in [9.17, 15) is 0 Å². The predicted octanol–water partition coefficient (Wildman–Crippen LogP) is 0.977. The summed E-state index contributed by atoms with van der Waals surface area (Å²) in [7, 11) is 0. The van der Waals surface area contributed by atoms with Gasteiger partial charge in [-0.1, -0.05) is 12.1 Å². The van der Waals surface area contributed by atoms with Gasteiger partial charge in [0.2, 0.25) is 0 Å². The van der Waals surface area contributed by atoms with Gasteiger partial charge in [-0.05, 0) is 51.9 Å². The number of amidine groups is 1. The van der Waals surface area contributed by atoms with Gasteiger partial charge in [0.05, 0.1) is 0 Å². The van der Waals surface area contributed by atoms with Gasteiger partial charge in [0.25, 0.3) is 0 Å². The molecule has 0 atom stereocenters. The van der Waals surface area contributed by atoms with Gasteiger partial charge in [0.1, 0.15) is 5.84 Å². The van der Waals surface area contributed by atoms with Gasteiger partial charge in [0.15, 0.2) is 0 Å². The topological polar surface area (TPSA) is 73.9 Å². The highest BCUT2D eigenvalue weighted by Crippen LogP contribution is 2.10. The summed E-state index contributed by atoms with van der Waals surface area (Å²) >= 11 is 0. The highest BCUT2D eigenvalue weighted by Gasteiger charge is 2.17. The molecule has 4 N–H and O–H groups in total. The molecule has 17 heavy (non-hydrogen) atoms. The lowest BCUT2D eigenvalue weighted by atomic mass is 10.0. The van der Waals surface area contributed by atoms with Crippen molar-refractivity contribution in [1.82, 2.24) is 10.2 Å². The second kappa shape index (κ2) is 8.31. The molecule has 1 aliphatic rings. The summed E-state index contributed by atoms with van der Waals surface area (Å²) in [6, 6.07) is 0.649. The number of nitrogens with zero attached hydrogens (tertiary/aromatic N) is 2. The molecule has 1 rings (SSSR count). The first-order valence-electron chi connectivity index (χ1n) is 6.68. The average molecular weight is 242 g/mol. The van der Waals surface area contributed by atoms with E-state index in [1.807, 2.05) is 0 Å². The van der Waals surface area contributed by atoms with Crippen molar-refractivity contribution in [2.75, 3.05) is 26.2 Å². The Morgan fingerprint density at radius 3 is 2.76 bits per heavy atom. The van der Waals surface area contributed by atoms with Crippen molar-refractivity contribution in [2.24, 2.45) is 10.9 Å². The van der Waals surface area contributed by atoms with Gasteiger partial charge in [-0.25, -0.2) is 0 Å². The van der Waals surface area contributed by atoms with Crippen LogP contribution in [-0.4, -0.2) is 48.2 Å². The lowest BCUT2D eigenvalue weighted by molar-refractivity contribution is 0.198. The van der Waals surface area contributed by atoms with Gasteiger partial charge in [0, 0.05) is 12.5 Å². The Balaban J connectivity index is 2.02. The molecule has 0 spiro atoms. The first-order chi connectivity index (χ1) is 8.26. The van der Waals surface area contributed by atoms with Crippen LogP contribution in [0.5, 0.6) is 0 Å². The molecule has 1 fully saturated rings. The summed E-state index contributed by atoms with van der Waals surface area (Å²) in [5.74, 6) is 0.324. The van der Waals surface area contributed by atoms with Gasteiger partial charge >= 0.3 is 0 Å². The summed E-state index contributed by atoms with van der Waals surface area (Å²) < 4.78 is 0. The molecule has 1 saturated heterocycles. The highest BCUT2D eigenvalue weighted by atomic mass is 16.4. The maximum Gasteiger partial charge on any atom is 0.139 e. The zero-order valence-corrected chi connectivity index (χ0v) is 10.9. The number of hydrogen-bond donors (Lipinski definition) is 3. The second-order valence-corrected chi connectivity index (χ2v) is 4.76. The Bertz CT molecular complexity index is 225. The predicted molar refractivity (Wildman–Crippen MR) is 70.4 cm³/mol. The molecule has 0 unspecified atom stereocenters. The lowest BCUT2D eigenvalue weighted by Crippen LogP contribution is -2.43. The van der Waals surface area contributed by atoms with Crippen LogP contribution in [-0.2, 0) is 0 Å². The third kappa shape index (κ3) is 5.89. The number of piperidine rings is 1. The lowest BCUT2D eigenvalue weighted by Gasteiger charge is -2.32. The fraction of sp³-hybridized carbons (Fsp3) is 0.917. The van der Waals surface area contributed by atoms with Crippen molar-refractivity contribution >= 4 is 5.84 Å². The first kappa shape index (κ1) is 14.3. The van der Waals surface area contributed by atoms with Crippen molar-refractivity contribution in [1.29, 1.82) is 0 Å². The van der Waals surface area contributed by atoms with Gasteiger partial charge in [-0.15, -0.1) is 0 Å². The van der Waals surface area contributed by atoms with Crippen molar-refractivity contribution < 1.29 is 5.21 Å². The smallest absolute Gasteiger partial charge is 0.139 e. The Labute approximate surface area is 104 Å². The summed E-state index contributed by atoms with van der Waals surface area (Å²) in [6.07, 6.45) is 5.33. The van der Waals surface area contributed by atoms with Crippen LogP contribution in [0.3, 0.4) is 0 Å². The third-order valence-corrected chi connectivity index (χ3v) is 3.30. The molecule has 0 aromatic carbocycles. The van der Waals surface area contributed by atoms with E-state index in [2.05, 4.69) is 22.3 Å². The molecule has 100 valence electrons. The summed E-state index contributed by atoms with van der Waals surface area (Å²) in [5, 5.41) is 14.9. The molecular formula is C12H26N4O. The molecule has 0 aromatic rings. The maximum absolute atomic E-state index is 8.40. The molecule has 0 radical (unpaired) electrons. The zero-order chi connectivity index (χ0) is 12.5. The van der Waals surface area contributed by atoms with E-state index in [0.717, 1.165) is 13.0 Å². The van der Waals surface area contributed by atoms with E-state index >= 15 is 0 Å². The number of likely N-dealkylation sites (tertiary alicyclic amines) is 1. The number of nitrogens with two attached hydrogens (primary N) is 1. The van der Waals surface area contributed by atoms with E-state index in [-0.39, 0.29) is 0 Å². The van der Waals surface area contributed by atoms with Crippen molar-refractivity contribution in [3.05, 3.63) is 0 Å². The molecule has 1 aliphatic heterocycles. The van der Waals surface area contributed by atoms with Gasteiger partial charge in [-0.2, -0.15) is 0 Å². The number of oxime groups is 1. The minimum Gasteiger partial charge on any atom is -0.409 e. The Morgan fingerprint density at radius 1 is 1.47 bits per heavy atom. The number of hydrogen-bond acceptors (Lipinski definition) is 4. The number of nitrogens with one attached hydrogen (secondary N) is 1. The second-order valence-electron chi connectivity index (χ2n) is 4.76. The standard InChI is InChI=1S/C12H26N4O/c1-2-8-16-9-5-11(6-10-16)14-7-3-4-12(13)15-17/h11,14,17H,2-10H2,1H3,(H2,13,15). The quantitative estimate of drug-likeness (QED) is 0.204. The third-order valence-electron chi connectivity index (χ3n) is 3.30. The SMILES string of the molecule is CCCN1CCC(NCCCC(N)=NO)CC1. The first-order valence-corrected chi connectivity index (χ1v) is 6.68. The Kier molecular flexibility index (Phi) is 6.96. The van der Waals surface area contributed by atoms with Crippen LogP contribution in [0.15, 0.2) is 5.16 Å². The van der Waals surface area contributed by atoms with Crippen molar-refractivity contribution in [3.63, 3.8) is 0 Å². The molecule has 5 nitrogen and oxygen atoms in total. The van der Waals surface area contributed by atoms with Crippen LogP contribution in [0.25, 0.3) is 0 Å². The molecule has 0 aliphatic carbocycles. The molecular weight excluding hydrogens is 216 g/mol. The fourth-order valence-corrected chi connectivity index (χ4v) is 2.30. The summed E-state index contributed by atoms with van der Waals surface area (Å²) in [4.78, 5) is 2.54. The van der Waals surface area contributed by atoms with E-state index in [4.69, 9.17) is 10.9 Å². The van der Waals surface area contributed by atoms with Gasteiger partial charge < -0.3 is 21.2 Å². The largest absolute Gasteiger partial charge is 0.409 e. The Hall–Kier alpha value is -0.810. The minimum absolute atomic E-state index is 0.324. The number of rotatable bonds is 7. The molecule has 0 amide bonds. The minimum atomic E-state index is 0.324. The molecule has 0 saturated carbocycles. The maximum atomic E-state index is 8.40. The van der Waals surface area contributed by atoms with Crippen LogP contribution >= 0.6 is 0 Å². The van der Waals surface area contributed by atoms with Crippen LogP contribution in [0.2, 0.25) is 0 Å². The monoisotopic (exact) mass is 242 g/mol. The average Bonchev–Trinajstić information content (AvgIpc) is 2.36. The highest BCUT2D eigenvalue weighted by molar-refractivity contribution is 5.79. The van der Waals surface area contributed by atoms with Crippen LogP contribution in [0.4, 0.5) is 0 Å². The fourth-order valence-electron chi connectivity index (χ4n) is 2.30. The van der Waals surface area contributed by atoms with Crippen LogP contribution in [0, 0.1) is 0 Å². The van der Waals surface area contributed by atoms with Crippen molar-refractivity contribution in [2.45, 2.75) is 45.1 Å². The normalized spacial score (nSPS) is 19.7. The van der Waals surface area contributed by atoms with E-state index < -0.39 is 0 Å². The van der Waals surface area contributed by atoms with E-state index in [1.54, 1.807) is 0 Å². The molecule has 1 heterocycles. The molecule has 5 heteroatoms. The van der Waals surface area contributed by atoms with Gasteiger partial charge in [-0.3, -0.25) is 0 Å². The molecule has 0 bridgehead atoms. The van der Waals surface area contributed by atoms with Crippen molar-refractivity contribution in [3.8, 4) is 0 Å². The Morgan fingerprint density at radius 2 is 2.18 bits per heavy atom. The summed E-state index contributed by atoms with van der Waals surface area (Å²) in [6.45, 7) is 6.85. The summed E-state index contributed by atoms with van der Waals surface area (Å²) in [5.41, 5.74) is 5.41. The van der Waals surface area contributed by atoms with E-state index in [1.165, 1.54) is 38.9 Å².